The van der Waals surface area contributed by atoms with E-state index in [2.05, 4.69) is 32.6 Å². The van der Waals surface area contributed by atoms with Crippen LogP contribution in [-0.4, -0.2) is 36.5 Å². The molecule has 0 aliphatic heterocycles. The van der Waals surface area contributed by atoms with Crippen LogP contribution in [0.5, 0.6) is 0 Å². The van der Waals surface area contributed by atoms with Crippen molar-refractivity contribution in [2.24, 2.45) is 16.9 Å². The minimum absolute atomic E-state index is 0.0386. The van der Waals surface area contributed by atoms with Gasteiger partial charge >= 0.3 is 0 Å². The van der Waals surface area contributed by atoms with Crippen molar-refractivity contribution < 1.29 is 4.79 Å². The largest absolute Gasteiger partial charge is 0.370 e. The summed E-state index contributed by atoms with van der Waals surface area (Å²) < 4.78 is 0. The third kappa shape index (κ3) is 4.62. The molecule has 0 radical (unpaired) electrons. The minimum Gasteiger partial charge on any atom is -0.370 e. The van der Waals surface area contributed by atoms with Gasteiger partial charge in [-0.1, -0.05) is 20.8 Å². The summed E-state index contributed by atoms with van der Waals surface area (Å²) in [5.74, 6) is -0.293. The summed E-state index contributed by atoms with van der Waals surface area (Å²) >= 11 is 0. The van der Waals surface area contributed by atoms with E-state index in [1.165, 1.54) is 0 Å². The average molecular weight is 215 g/mol. The summed E-state index contributed by atoms with van der Waals surface area (Å²) in [6, 6.07) is 0.391. The normalized spacial score (nSPS) is 16.5. The van der Waals surface area contributed by atoms with Crippen LogP contribution in [0, 0.1) is 5.41 Å². The molecule has 0 bridgehead atoms. The van der Waals surface area contributed by atoms with Crippen molar-refractivity contribution >= 4 is 5.91 Å². The number of amides is 1. The molecule has 0 aliphatic carbocycles. The number of hydrogen-bond acceptors (Lipinski definition) is 3. The number of nitrogens with zero attached hydrogens (tertiary/aromatic N) is 1. The third-order valence-electron chi connectivity index (χ3n) is 3.15. The Morgan fingerprint density at radius 2 is 1.87 bits per heavy atom. The SMILES string of the molecule is CC(N(C)C(CN)CC(N)=O)C(C)(C)C. The second-order valence-corrected chi connectivity index (χ2v) is 5.27. The predicted octanol–water partition coefficient (Wildman–Crippen LogP) is 0.556. The lowest BCUT2D eigenvalue weighted by Gasteiger charge is -2.39. The van der Waals surface area contributed by atoms with Crippen molar-refractivity contribution in [3.63, 3.8) is 0 Å². The van der Waals surface area contributed by atoms with Crippen molar-refractivity contribution in [3.8, 4) is 0 Å². The van der Waals surface area contributed by atoms with Crippen LogP contribution in [0.3, 0.4) is 0 Å². The first kappa shape index (κ1) is 14.4. The van der Waals surface area contributed by atoms with E-state index in [1.807, 2.05) is 7.05 Å². The number of nitrogens with two attached hydrogens (primary N) is 2. The van der Waals surface area contributed by atoms with Crippen LogP contribution in [0.1, 0.15) is 34.1 Å². The molecule has 0 aliphatic rings. The van der Waals surface area contributed by atoms with Gasteiger partial charge in [0, 0.05) is 25.0 Å². The number of primary amides is 1. The van der Waals surface area contributed by atoms with E-state index in [9.17, 15) is 4.79 Å². The highest BCUT2D eigenvalue weighted by Crippen LogP contribution is 2.24. The number of rotatable bonds is 5. The van der Waals surface area contributed by atoms with Gasteiger partial charge in [0.1, 0.15) is 0 Å². The monoisotopic (exact) mass is 215 g/mol. The topological polar surface area (TPSA) is 72.3 Å². The zero-order chi connectivity index (χ0) is 12.2. The molecular weight excluding hydrogens is 190 g/mol. The summed E-state index contributed by atoms with van der Waals surface area (Å²) in [7, 11) is 2.00. The van der Waals surface area contributed by atoms with Crippen LogP contribution in [-0.2, 0) is 4.79 Å². The molecule has 0 aromatic carbocycles. The number of hydrogen-bond donors (Lipinski definition) is 2. The van der Waals surface area contributed by atoms with Gasteiger partial charge in [-0.15, -0.1) is 0 Å². The van der Waals surface area contributed by atoms with Gasteiger partial charge in [0.25, 0.3) is 0 Å². The molecule has 2 unspecified atom stereocenters. The second-order valence-electron chi connectivity index (χ2n) is 5.27. The highest BCUT2D eigenvalue weighted by Gasteiger charge is 2.28. The van der Waals surface area contributed by atoms with Crippen LogP contribution >= 0.6 is 0 Å². The molecule has 0 saturated heterocycles. The molecule has 0 aromatic rings. The van der Waals surface area contributed by atoms with E-state index in [-0.39, 0.29) is 17.4 Å². The van der Waals surface area contributed by atoms with E-state index in [0.29, 0.717) is 19.0 Å². The number of carbonyl (C=O) groups excluding carboxylic acids is 1. The van der Waals surface area contributed by atoms with Crippen molar-refractivity contribution in [2.45, 2.75) is 46.2 Å². The third-order valence-corrected chi connectivity index (χ3v) is 3.15. The Morgan fingerprint density at radius 3 is 2.13 bits per heavy atom. The van der Waals surface area contributed by atoms with Crippen molar-refractivity contribution in [1.29, 1.82) is 0 Å². The van der Waals surface area contributed by atoms with Crippen LogP contribution in [0.4, 0.5) is 0 Å². The second kappa shape index (κ2) is 5.47. The Balaban J connectivity index is 4.50. The molecule has 2 atom stereocenters. The fourth-order valence-corrected chi connectivity index (χ4v) is 1.55. The molecule has 1 amide bonds. The lowest BCUT2D eigenvalue weighted by Crippen LogP contribution is -2.49. The van der Waals surface area contributed by atoms with Gasteiger partial charge in [-0.05, 0) is 19.4 Å². The highest BCUT2D eigenvalue weighted by atomic mass is 16.1. The molecule has 0 saturated carbocycles. The Hall–Kier alpha value is -0.610. The van der Waals surface area contributed by atoms with Gasteiger partial charge in [0.2, 0.25) is 5.91 Å². The highest BCUT2D eigenvalue weighted by molar-refractivity contribution is 5.74. The first-order chi connectivity index (χ1) is 6.70. The quantitative estimate of drug-likeness (QED) is 0.703. The Kier molecular flexibility index (Phi) is 5.24. The van der Waals surface area contributed by atoms with Crippen molar-refractivity contribution in [3.05, 3.63) is 0 Å². The summed E-state index contributed by atoms with van der Waals surface area (Å²) in [6.07, 6.45) is 0.327. The molecule has 90 valence electrons. The van der Waals surface area contributed by atoms with Gasteiger partial charge in [-0.2, -0.15) is 0 Å². The Morgan fingerprint density at radius 1 is 1.40 bits per heavy atom. The van der Waals surface area contributed by atoms with E-state index in [1.54, 1.807) is 0 Å². The maximum absolute atomic E-state index is 10.9. The summed E-state index contributed by atoms with van der Waals surface area (Å²) in [5, 5.41) is 0. The molecule has 0 fully saturated rings. The maximum atomic E-state index is 10.9. The van der Waals surface area contributed by atoms with Crippen LogP contribution in [0.25, 0.3) is 0 Å². The molecule has 0 rings (SSSR count). The smallest absolute Gasteiger partial charge is 0.219 e. The van der Waals surface area contributed by atoms with E-state index in [4.69, 9.17) is 11.5 Å². The summed E-state index contributed by atoms with van der Waals surface area (Å²) in [4.78, 5) is 13.0. The van der Waals surface area contributed by atoms with Gasteiger partial charge in [0.05, 0.1) is 0 Å². The molecule has 0 spiro atoms. The van der Waals surface area contributed by atoms with Crippen LogP contribution in [0.15, 0.2) is 0 Å². The zero-order valence-corrected chi connectivity index (χ0v) is 10.6. The zero-order valence-electron chi connectivity index (χ0n) is 10.6. The van der Waals surface area contributed by atoms with E-state index in [0.717, 1.165) is 0 Å². The van der Waals surface area contributed by atoms with E-state index < -0.39 is 0 Å². The maximum Gasteiger partial charge on any atom is 0.219 e. The lowest BCUT2D eigenvalue weighted by atomic mass is 9.86. The molecule has 4 heteroatoms. The van der Waals surface area contributed by atoms with Gasteiger partial charge in [-0.25, -0.2) is 0 Å². The number of carbonyl (C=O) groups is 1. The summed E-state index contributed by atoms with van der Waals surface area (Å²) in [6.45, 7) is 9.12. The molecule has 0 aromatic heterocycles. The number of likely N-dealkylation sites (N-methyl/N-ethyl adjacent to an activating group) is 1. The molecular formula is C11H25N3O. The molecule has 4 nitrogen and oxygen atoms in total. The lowest BCUT2D eigenvalue weighted by molar-refractivity contribution is -0.119. The molecule has 0 heterocycles. The molecule has 15 heavy (non-hydrogen) atoms. The molecule has 4 N–H and O–H groups in total. The van der Waals surface area contributed by atoms with Gasteiger partial charge in [0.15, 0.2) is 0 Å². The van der Waals surface area contributed by atoms with Crippen molar-refractivity contribution in [1.82, 2.24) is 4.90 Å². The minimum atomic E-state index is -0.293. The van der Waals surface area contributed by atoms with E-state index >= 15 is 0 Å². The standard InChI is InChI=1S/C11H25N3O/c1-8(11(2,3)4)14(5)9(7-12)6-10(13)15/h8-9H,6-7,12H2,1-5H3,(H2,13,15). The summed E-state index contributed by atoms with van der Waals surface area (Å²) in [5.41, 5.74) is 11.0. The van der Waals surface area contributed by atoms with Gasteiger partial charge in [-0.3, -0.25) is 9.69 Å². The van der Waals surface area contributed by atoms with Crippen LogP contribution < -0.4 is 11.5 Å². The predicted molar refractivity (Wildman–Crippen MR) is 63.3 cm³/mol. The Labute approximate surface area is 93.0 Å². The first-order valence-electron chi connectivity index (χ1n) is 5.40. The Bertz CT molecular complexity index is 210. The van der Waals surface area contributed by atoms with Crippen molar-refractivity contribution in [2.75, 3.05) is 13.6 Å². The van der Waals surface area contributed by atoms with Crippen LogP contribution in [0.2, 0.25) is 0 Å². The fraction of sp³-hybridized carbons (Fsp3) is 0.909. The first-order valence-corrected chi connectivity index (χ1v) is 5.40. The average Bonchev–Trinajstić information content (AvgIpc) is 2.10. The van der Waals surface area contributed by atoms with Gasteiger partial charge < -0.3 is 11.5 Å². The fourth-order valence-electron chi connectivity index (χ4n) is 1.55.